The highest BCUT2D eigenvalue weighted by atomic mass is 35.5. The third-order valence-electron chi connectivity index (χ3n) is 5.98. The van der Waals surface area contributed by atoms with Crippen LogP contribution in [0.4, 0.5) is 5.69 Å². The lowest BCUT2D eigenvalue weighted by atomic mass is 10.1. The van der Waals surface area contributed by atoms with E-state index in [9.17, 15) is 4.79 Å². The number of carbonyl (C=O) groups excluding carboxylic acids is 1. The van der Waals surface area contributed by atoms with E-state index in [1.54, 1.807) is 18.0 Å². The molecule has 9 heteroatoms. The number of benzene rings is 2. The summed E-state index contributed by atoms with van der Waals surface area (Å²) in [5, 5.41) is 7.78. The second kappa shape index (κ2) is 12.1. The van der Waals surface area contributed by atoms with Crippen molar-refractivity contribution in [1.29, 1.82) is 0 Å². The van der Waals surface area contributed by atoms with Gasteiger partial charge in [0.15, 0.2) is 0 Å². The van der Waals surface area contributed by atoms with Crippen LogP contribution in [0.3, 0.4) is 0 Å². The monoisotopic (exact) mass is 498 g/mol. The first-order valence-electron chi connectivity index (χ1n) is 11.7. The Kier molecular flexibility index (Phi) is 8.63. The topological polar surface area (TPSA) is 77.8 Å². The van der Waals surface area contributed by atoms with E-state index in [1.807, 2.05) is 49.5 Å². The molecule has 3 aromatic rings. The number of hydrogen-bond acceptors (Lipinski definition) is 6. The summed E-state index contributed by atoms with van der Waals surface area (Å²) in [4.78, 5) is 15.0. The van der Waals surface area contributed by atoms with Crippen molar-refractivity contribution >= 4 is 23.2 Å². The number of morpholine rings is 1. The number of nitrogens with one attached hydrogen (secondary N) is 1. The standard InChI is InChI=1S/C26H31ClN4O4/c1-30-26(23(27)18-28-30)22-17-20(6-9-24(22)35-16-13-31-11-14-34-15-12-31)29-25(32)10-5-19-3-7-21(33-2)8-4-19/h3-4,6-9,17-18H,5,10-16H2,1-2H3,(H,29,32). The summed E-state index contributed by atoms with van der Waals surface area (Å²) in [6, 6.07) is 13.3. The molecule has 0 aliphatic carbocycles. The van der Waals surface area contributed by atoms with Crippen LogP contribution in [-0.2, 0) is 23.0 Å². The van der Waals surface area contributed by atoms with Crippen LogP contribution in [0.5, 0.6) is 11.5 Å². The first-order chi connectivity index (χ1) is 17.0. The Hall–Kier alpha value is -3.07. The van der Waals surface area contributed by atoms with Crippen molar-refractivity contribution in [2.75, 3.05) is 51.9 Å². The maximum Gasteiger partial charge on any atom is 0.224 e. The molecule has 0 bridgehead atoms. The van der Waals surface area contributed by atoms with E-state index in [4.69, 9.17) is 25.8 Å². The molecule has 35 heavy (non-hydrogen) atoms. The second-order valence-electron chi connectivity index (χ2n) is 8.37. The predicted octanol–water partition coefficient (Wildman–Crippen LogP) is 4.03. The van der Waals surface area contributed by atoms with Gasteiger partial charge in [0.25, 0.3) is 0 Å². The van der Waals surface area contributed by atoms with Crippen LogP contribution >= 0.6 is 11.6 Å². The van der Waals surface area contributed by atoms with Crippen molar-refractivity contribution < 1.29 is 19.0 Å². The molecular weight excluding hydrogens is 468 g/mol. The highest BCUT2D eigenvalue weighted by molar-refractivity contribution is 6.33. The number of halogens is 1. The normalized spacial score (nSPS) is 14.0. The minimum absolute atomic E-state index is 0.0659. The molecule has 0 atom stereocenters. The maximum absolute atomic E-state index is 12.6. The Labute approximate surface area is 210 Å². The maximum atomic E-state index is 12.6. The van der Waals surface area contributed by atoms with Crippen molar-refractivity contribution in [3.05, 3.63) is 59.2 Å². The van der Waals surface area contributed by atoms with E-state index in [1.165, 1.54) is 0 Å². The van der Waals surface area contributed by atoms with Gasteiger partial charge in [-0.15, -0.1) is 0 Å². The summed E-state index contributed by atoms with van der Waals surface area (Å²) < 4.78 is 18.5. The zero-order valence-corrected chi connectivity index (χ0v) is 20.9. The molecule has 2 aromatic carbocycles. The minimum Gasteiger partial charge on any atom is -0.497 e. The van der Waals surface area contributed by atoms with Gasteiger partial charge in [0.05, 0.1) is 37.2 Å². The average Bonchev–Trinajstić information content (AvgIpc) is 3.22. The molecule has 1 aliphatic rings. The fourth-order valence-electron chi connectivity index (χ4n) is 4.02. The summed E-state index contributed by atoms with van der Waals surface area (Å²) in [5.41, 5.74) is 3.28. The Morgan fingerprint density at radius 3 is 2.63 bits per heavy atom. The van der Waals surface area contributed by atoms with Crippen molar-refractivity contribution in [3.63, 3.8) is 0 Å². The molecule has 1 fully saturated rings. The van der Waals surface area contributed by atoms with Crippen molar-refractivity contribution in [1.82, 2.24) is 14.7 Å². The quantitative estimate of drug-likeness (QED) is 0.454. The molecule has 0 saturated carbocycles. The molecule has 4 rings (SSSR count). The average molecular weight is 499 g/mol. The van der Waals surface area contributed by atoms with Gasteiger partial charge in [-0.2, -0.15) is 5.10 Å². The van der Waals surface area contributed by atoms with Gasteiger partial charge < -0.3 is 19.5 Å². The number of aryl methyl sites for hydroxylation is 2. The van der Waals surface area contributed by atoms with E-state index in [0.29, 0.717) is 35.9 Å². The number of nitrogens with zero attached hydrogens (tertiary/aromatic N) is 3. The SMILES string of the molecule is COc1ccc(CCC(=O)Nc2ccc(OCCN3CCOCC3)c(-c3c(Cl)cnn3C)c2)cc1. The number of rotatable bonds is 10. The van der Waals surface area contributed by atoms with Gasteiger partial charge in [-0.3, -0.25) is 14.4 Å². The molecule has 2 heterocycles. The number of ether oxygens (including phenoxy) is 3. The van der Waals surface area contributed by atoms with Gasteiger partial charge >= 0.3 is 0 Å². The zero-order valence-electron chi connectivity index (χ0n) is 20.1. The number of aromatic nitrogens is 2. The molecule has 1 amide bonds. The molecule has 1 saturated heterocycles. The Bertz CT molecular complexity index is 1110. The smallest absolute Gasteiger partial charge is 0.224 e. The summed E-state index contributed by atoms with van der Waals surface area (Å²) in [7, 11) is 3.47. The zero-order chi connectivity index (χ0) is 24.6. The molecule has 8 nitrogen and oxygen atoms in total. The molecule has 1 aromatic heterocycles. The van der Waals surface area contributed by atoms with Crippen LogP contribution in [-0.4, -0.2) is 67.2 Å². The lowest BCUT2D eigenvalue weighted by Crippen LogP contribution is -2.38. The summed E-state index contributed by atoms with van der Waals surface area (Å²) in [6.07, 6.45) is 2.61. The summed E-state index contributed by atoms with van der Waals surface area (Å²) in [5.74, 6) is 1.43. The first kappa shape index (κ1) is 25.0. The Morgan fingerprint density at radius 1 is 1.17 bits per heavy atom. The van der Waals surface area contributed by atoms with Crippen LogP contribution in [0, 0.1) is 0 Å². The molecule has 1 aliphatic heterocycles. The molecule has 186 valence electrons. The lowest BCUT2D eigenvalue weighted by Gasteiger charge is -2.26. The van der Waals surface area contributed by atoms with Gasteiger partial charge in [-0.1, -0.05) is 23.7 Å². The molecule has 0 spiro atoms. The number of hydrogen-bond donors (Lipinski definition) is 1. The fraction of sp³-hybridized carbons (Fsp3) is 0.385. The molecule has 0 radical (unpaired) electrons. The van der Waals surface area contributed by atoms with Gasteiger partial charge in [-0.05, 0) is 42.3 Å². The predicted molar refractivity (Wildman–Crippen MR) is 136 cm³/mol. The number of anilines is 1. The van der Waals surface area contributed by atoms with E-state index in [2.05, 4.69) is 15.3 Å². The van der Waals surface area contributed by atoms with E-state index < -0.39 is 0 Å². The third-order valence-corrected chi connectivity index (χ3v) is 6.26. The van der Waals surface area contributed by atoms with Gasteiger partial charge in [-0.25, -0.2) is 0 Å². The van der Waals surface area contributed by atoms with Gasteiger partial charge in [0.2, 0.25) is 5.91 Å². The van der Waals surface area contributed by atoms with Crippen LogP contribution in [0.15, 0.2) is 48.7 Å². The molecular formula is C26H31ClN4O4. The Morgan fingerprint density at radius 2 is 1.94 bits per heavy atom. The van der Waals surface area contributed by atoms with Crippen LogP contribution in [0.1, 0.15) is 12.0 Å². The lowest BCUT2D eigenvalue weighted by molar-refractivity contribution is -0.116. The number of carbonyl (C=O) groups is 1. The summed E-state index contributed by atoms with van der Waals surface area (Å²) in [6.45, 7) is 4.67. The van der Waals surface area contributed by atoms with Crippen molar-refractivity contribution in [3.8, 4) is 22.8 Å². The first-order valence-corrected chi connectivity index (χ1v) is 12.1. The van der Waals surface area contributed by atoms with Crippen molar-refractivity contribution in [2.24, 2.45) is 7.05 Å². The molecule has 0 unspecified atom stereocenters. The van der Waals surface area contributed by atoms with E-state index >= 15 is 0 Å². The fourth-order valence-corrected chi connectivity index (χ4v) is 4.28. The summed E-state index contributed by atoms with van der Waals surface area (Å²) >= 11 is 6.45. The minimum atomic E-state index is -0.0659. The highest BCUT2D eigenvalue weighted by Gasteiger charge is 2.17. The number of amides is 1. The van der Waals surface area contributed by atoms with E-state index in [-0.39, 0.29) is 5.91 Å². The molecule has 1 N–H and O–H groups in total. The van der Waals surface area contributed by atoms with Crippen LogP contribution in [0.2, 0.25) is 5.02 Å². The van der Waals surface area contributed by atoms with Crippen LogP contribution < -0.4 is 14.8 Å². The second-order valence-corrected chi connectivity index (χ2v) is 8.78. The van der Waals surface area contributed by atoms with Gasteiger partial charge in [0.1, 0.15) is 18.1 Å². The van der Waals surface area contributed by atoms with E-state index in [0.717, 1.165) is 55.4 Å². The Balaban J connectivity index is 1.43. The highest BCUT2D eigenvalue weighted by Crippen LogP contribution is 2.36. The van der Waals surface area contributed by atoms with Crippen LogP contribution in [0.25, 0.3) is 11.3 Å². The number of methoxy groups -OCH3 is 1. The third kappa shape index (κ3) is 6.75. The van der Waals surface area contributed by atoms with Gasteiger partial charge in [0, 0.05) is 44.4 Å². The largest absolute Gasteiger partial charge is 0.497 e. The van der Waals surface area contributed by atoms with Crippen molar-refractivity contribution in [2.45, 2.75) is 12.8 Å².